The lowest BCUT2D eigenvalue weighted by Crippen LogP contribution is -2.38. The van der Waals surface area contributed by atoms with Crippen molar-refractivity contribution in [1.29, 1.82) is 0 Å². The summed E-state index contributed by atoms with van der Waals surface area (Å²) in [5.41, 5.74) is 0.703. The first-order chi connectivity index (χ1) is 14.9. The van der Waals surface area contributed by atoms with Crippen molar-refractivity contribution in [2.24, 2.45) is 0 Å². The van der Waals surface area contributed by atoms with Crippen molar-refractivity contribution in [1.82, 2.24) is 0 Å². The number of furan rings is 1. The SMILES string of the molecule is COc1ccc(NC(=O)CN2C(=O)CC(c3ccco3)S(=O)(=O)c3ccccc32)cc1. The van der Waals surface area contributed by atoms with Crippen LogP contribution in [0.1, 0.15) is 17.4 Å². The van der Waals surface area contributed by atoms with Crippen LogP contribution in [0.4, 0.5) is 11.4 Å². The van der Waals surface area contributed by atoms with Gasteiger partial charge < -0.3 is 19.4 Å². The minimum Gasteiger partial charge on any atom is -0.497 e. The topological polar surface area (TPSA) is 106 Å². The summed E-state index contributed by atoms with van der Waals surface area (Å²) >= 11 is 0. The van der Waals surface area contributed by atoms with E-state index in [0.717, 1.165) is 0 Å². The lowest BCUT2D eigenvalue weighted by Gasteiger charge is -2.21. The van der Waals surface area contributed by atoms with Crippen molar-refractivity contribution in [3.63, 3.8) is 0 Å². The maximum atomic E-state index is 13.3. The largest absolute Gasteiger partial charge is 0.497 e. The number of para-hydroxylation sites is 1. The van der Waals surface area contributed by atoms with Gasteiger partial charge in [0.25, 0.3) is 0 Å². The number of carbonyl (C=O) groups excluding carboxylic acids is 2. The maximum absolute atomic E-state index is 13.3. The molecular weight excluding hydrogens is 420 g/mol. The van der Waals surface area contributed by atoms with E-state index in [0.29, 0.717) is 11.4 Å². The third kappa shape index (κ3) is 4.04. The standard InChI is InChI=1S/C22H20N2O6S/c1-29-16-10-8-15(9-11-16)23-21(25)14-24-17-5-2-3-7-19(17)31(27,28)20(13-22(24)26)18-6-4-12-30-18/h2-12,20H,13-14H2,1H3,(H,23,25). The van der Waals surface area contributed by atoms with Gasteiger partial charge in [0.15, 0.2) is 9.84 Å². The molecule has 31 heavy (non-hydrogen) atoms. The first-order valence-electron chi connectivity index (χ1n) is 9.51. The van der Waals surface area contributed by atoms with Crippen molar-refractivity contribution >= 4 is 33.0 Å². The molecule has 8 nitrogen and oxygen atoms in total. The molecule has 0 saturated carbocycles. The highest BCUT2D eigenvalue weighted by atomic mass is 32.2. The Morgan fingerprint density at radius 1 is 1.13 bits per heavy atom. The molecule has 0 radical (unpaired) electrons. The Hall–Kier alpha value is -3.59. The van der Waals surface area contributed by atoms with Crippen molar-refractivity contribution in [3.05, 3.63) is 72.7 Å². The van der Waals surface area contributed by atoms with Crippen LogP contribution in [0.15, 0.2) is 76.2 Å². The lowest BCUT2D eigenvalue weighted by molar-refractivity contribution is -0.121. The van der Waals surface area contributed by atoms with E-state index in [1.165, 1.54) is 29.4 Å². The molecule has 3 aromatic rings. The average Bonchev–Trinajstić information content (AvgIpc) is 3.28. The van der Waals surface area contributed by atoms with Crippen LogP contribution in [0.5, 0.6) is 5.75 Å². The van der Waals surface area contributed by atoms with Crippen molar-refractivity contribution in [2.75, 3.05) is 23.9 Å². The van der Waals surface area contributed by atoms with Gasteiger partial charge in [-0.05, 0) is 48.5 Å². The van der Waals surface area contributed by atoms with Gasteiger partial charge in [-0.25, -0.2) is 8.42 Å². The Morgan fingerprint density at radius 2 is 1.87 bits per heavy atom. The second kappa shape index (κ2) is 8.27. The number of amides is 2. The zero-order chi connectivity index (χ0) is 22.0. The second-order valence-corrected chi connectivity index (χ2v) is 9.08. The van der Waals surface area contributed by atoms with Gasteiger partial charge in [-0.2, -0.15) is 0 Å². The number of sulfone groups is 1. The highest BCUT2D eigenvalue weighted by molar-refractivity contribution is 7.91. The Kier molecular flexibility index (Phi) is 5.51. The number of carbonyl (C=O) groups is 2. The molecule has 1 unspecified atom stereocenters. The average molecular weight is 440 g/mol. The molecule has 1 aromatic heterocycles. The number of methoxy groups -OCH3 is 1. The van der Waals surface area contributed by atoms with Crippen LogP contribution in [-0.4, -0.2) is 33.9 Å². The van der Waals surface area contributed by atoms with Crippen molar-refractivity contribution in [3.8, 4) is 5.75 Å². The van der Waals surface area contributed by atoms with Crippen LogP contribution >= 0.6 is 0 Å². The number of ether oxygens (including phenoxy) is 1. The molecule has 1 aliphatic rings. The van der Waals surface area contributed by atoms with Crippen LogP contribution < -0.4 is 15.0 Å². The molecule has 4 rings (SSSR count). The molecule has 0 fully saturated rings. The first-order valence-corrected chi connectivity index (χ1v) is 11.1. The summed E-state index contributed by atoms with van der Waals surface area (Å²) in [4.78, 5) is 26.9. The highest BCUT2D eigenvalue weighted by Gasteiger charge is 2.41. The monoisotopic (exact) mass is 440 g/mol. The molecule has 2 amide bonds. The summed E-state index contributed by atoms with van der Waals surface area (Å²) in [6, 6.07) is 16.0. The predicted octanol–water partition coefficient (Wildman–Crippen LogP) is 3.18. The van der Waals surface area contributed by atoms with E-state index >= 15 is 0 Å². The zero-order valence-electron chi connectivity index (χ0n) is 16.6. The molecule has 1 aliphatic heterocycles. The molecule has 2 aromatic carbocycles. The summed E-state index contributed by atoms with van der Waals surface area (Å²) in [6.07, 6.45) is 1.03. The molecule has 2 heterocycles. The summed E-state index contributed by atoms with van der Waals surface area (Å²) in [5.74, 6) is -0.113. The fraction of sp³-hybridized carbons (Fsp3) is 0.182. The lowest BCUT2D eigenvalue weighted by atomic mass is 10.2. The summed E-state index contributed by atoms with van der Waals surface area (Å²) in [6.45, 7) is -0.331. The molecule has 0 aliphatic carbocycles. The number of hydrogen-bond donors (Lipinski definition) is 1. The number of fused-ring (bicyclic) bond motifs is 1. The van der Waals surface area contributed by atoms with E-state index in [4.69, 9.17) is 9.15 Å². The predicted molar refractivity (Wildman–Crippen MR) is 114 cm³/mol. The first kappa shape index (κ1) is 20.7. The van der Waals surface area contributed by atoms with Gasteiger partial charge in [0.05, 0.1) is 30.4 Å². The van der Waals surface area contributed by atoms with E-state index in [2.05, 4.69) is 5.32 Å². The molecule has 0 spiro atoms. The number of hydrogen-bond acceptors (Lipinski definition) is 6. The Morgan fingerprint density at radius 3 is 2.55 bits per heavy atom. The van der Waals surface area contributed by atoms with E-state index < -0.39 is 26.9 Å². The quantitative estimate of drug-likeness (QED) is 0.653. The van der Waals surface area contributed by atoms with Crippen LogP contribution in [0, 0.1) is 0 Å². The summed E-state index contributed by atoms with van der Waals surface area (Å²) in [5, 5.41) is 1.55. The van der Waals surface area contributed by atoms with Crippen LogP contribution in [0.2, 0.25) is 0 Å². The van der Waals surface area contributed by atoms with E-state index in [1.807, 2.05) is 0 Å². The second-order valence-electron chi connectivity index (χ2n) is 6.98. The number of nitrogens with one attached hydrogen (secondary N) is 1. The summed E-state index contributed by atoms with van der Waals surface area (Å²) in [7, 11) is -2.37. The normalized spacial score (nSPS) is 17.5. The Bertz CT molecular complexity index is 1200. The Labute approximate surface area is 179 Å². The molecule has 0 bridgehead atoms. The van der Waals surface area contributed by atoms with Gasteiger partial charge in [0.2, 0.25) is 11.8 Å². The number of nitrogens with zero attached hydrogens (tertiary/aromatic N) is 1. The number of rotatable bonds is 5. The fourth-order valence-corrected chi connectivity index (χ4v) is 5.35. The minimum absolute atomic E-state index is 0.0144. The van der Waals surface area contributed by atoms with Crippen LogP contribution in [-0.2, 0) is 19.4 Å². The third-order valence-corrected chi connectivity index (χ3v) is 7.14. The minimum atomic E-state index is -3.91. The number of benzene rings is 2. The van der Waals surface area contributed by atoms with Crippen LogP contribution in [0.25, 0.3) is 0 Å². The Balaban J connectivity index is 1.64. The molecule has 9 heteroatoms. The highest BCUT2D eigenvalue weighted by Crippen LogP contribution is 2.40. The summed E-state index contributed by atoms with van der Waals surface area (Å²) < 4.78 is 37.0. The van der Waals surface area contributed by atoms with E-state index in [-0.39, 0.29) is 29.3 Å². The van der Waals surface area contributed by atoms with Gasteiger partial charge in [0, 0.05) is 5.69 Å². The number of anilines is 2. The molecular formula is C22H20N2O6S. The van der Waals surface area contributed by atoms with Gasteiger partial charge >= 0.3 is 0 Å². The molecule has 1 N–H and O–H groups in total. The zero-order valence-corrected chi connectivity index (χ0v) is 17.5. The maximum Gasteiger partial charge on any atom is 0.244 e. The third-order valence-electron chi connectivity index (χ3n) is 5.03. The molecule has 0 saturated heterocycles. The van der Waals surface area contributed by atoms with Gasteiger partial charge in [-0.15, -0.1) is 0 Å². The van der Waals surface area contributed by atoms with Crippen LogP contribution in [0.3, 0.4) is 0 Å². The fourth-order valence-electron chi connectivity index (χ4n) is 3.51. The molecule has 160 valence electrons. The van der Waals surface area contributed by atoms with Gasteiger partial charge in [-0.1, -0.05) is 12.1 Å². The molecule has 1 atom stereocenters. The van der Waals surface area contributed by atoms with Gasteiger partial charge in [0.1, 0.15) is 23.3 Å². The smallest absolute Gasteiger partial charge is 0.244 e. The van der Waals surface area contributed by atoms with E-state index in [1.54, 1.807) is 49.6 Å². The van der Waals surface area contributed by atoms with Crippen molar-refractivity contribution < 1.29 is 27.2 Å². The van der Waals surface area contributed by atoms with E-state index in [9.17, 15) is 18.0 Å². The van der Waals surface area contributed by atoms with Gasteiger partial charge in [-0.3, -0.25) is 9.59 Å². The van der Waals surface area contributed by atoms with Crippen molar-refractivity contribution in [2.45, 2.75) is 16.6 Å².